The highest BCUT2D eigenvalue weighted by Crippen LogP contribution is 2.20. The number of carbonyl (C=O) groups is 1. The van der Waals surface area contributed by atoms with Gasteiger partial charge in [-0.05, 0) is 57.1 Å². The fourth-order valence-corrected chi connectivity index (χ4v) is 2.59. The molecule has 0 aliphatic carbocycles. The Hall–Kier alpha value is -1.07. The molecule has 4 nitrogen and oxygen atoms in total. The number of thioether (sulfide) groups is 1. The SMILES string of the molecule is Cc1cc(C)nc(SCCCC(C)(N)C(N)=O)c1. The van der Waals surface area contributed by atoms with E-state index >= 15 is 0 Å². The number of aromatic nitrogens is 1. The third-order valence-electron chi connectivity index (χ3n) is 2.73. The summed E-state index contributed by atoms with van der Waals surface area (Å²) >= 11 is 1.68. The van der Waals surface area contributed by atoms with Crippen molar-refractivity contribution in [3.8, 4) is 0 Å². The van der Waals surface area contributed by atoms with Gasteiger partial charge < -0.3 is 11.5 Å². The minimum absolute atomic E-state index is 0.447. The van der Waals surface area contributed by atoms with Gasteiger partial charge in [0.15, 0.2) is 0 Å². The van der Waals surface area contributed by atoms with E-state index in [4.69, 9.17) is 11.5 Å². The number of amides is 1. The molecule has 0 aliphatic rings. The van der Waals surface area contributed by atoms with E-state index in [0.29, 0.717) is 6.42 Å². The summed E-state index contributed by atoms with van der Waals surface area (Å²) in [6, 6.07) is 4.11. The smallest absolute Gasteiger partial charge is 0.237 e. The molecule has 1 amide bonds. The summed E-state index contributed by atoms with van der Waals surface area (Å²) in [5, 5.41) is 1.02. The van der Waals surface area contributed by atoms with Crippen LogP contribution in [0.3, 0.4) is 0 Å². The zero-order chi connectivity index (χ0) is 13.8. The van der Waals surface area contributed by atoms with E-state index in [1.54, 1.807) is 18.7 Å². The number of nitrogens with two attached hydrogens (primary N) is 2. The van der Waals surface area contributed by atoms with Crippen LogP contribution in [0.15, 0.2) is 17.2 Å². The Morgan fingerprint density at radius 2 is 2.11 bits per heavy atom. The van der Waals surface area contributed by atoms with E-state index in [-0.39, 0.29) is 0 Å². The van der Waals surface area contributed by atoms with Gasteiger partial charge in [0.1, 0.15) is 0 Å². The van der Waals surface area contributed by atoms with Gasteiger partial charge in [-0.25, -0.2) is 4.98 Å². The summed E-state index contributed by atoms with van der Waals surface area (Å²) in [7, 11) is 0. The molecule has 0 saturated heterocycles. The van der Waals surface area contributed by atoms with E-state index in [1.165, 1.54) is 5.56 Å². The zero-order valence-electron chi connectivity index (χ0n) is 11.2. The van der Waals surface area contributed by atoms with Crippen LogP contribution in [-0.2, 0) is 4.79 Å². The third kappa shape index (κ3) is 4.66. The second-order valence-electron chi connectivity index (χ2n) is 4.86. The number of aryl methyl sites for hydroxylation is 2. The molecule has 1 unspecified atom stereocenters. The fraction of sp³-hybridized carbons (Fsp3) is 0.538. The van der Waals surface area contributed by atoms with Crippen LogP contribution >= 0.6 is 11.8 Å². The van der Waals surface area contributed by atoms with Gasteiger partial charge in [0.25, 0.3) is 0 Å². The van der Waals surface area contributed by atoms with Crippen molar-refractivity contribution in [1.82, 2.24) is 4.98 Å². The standard InChI is InChI=1S/C13H21N3OS/c1-9-7-10(2)16-11(8-9)18-6-4-5-13(3,15)12(14)17/h7-8H,4-6,15H2,1-3H3,(H2,14,17). The normalized spacial score (nSPS) is 14.2. The lowest BCUT2D eigenvalue weighted by Gasteiger charge is -2.19. The lowest BCUT2D eigenvalue weighted by atomic mass is 9.97. The minimum atomic E-state index is -0.906. The highest BCUT2D eigenvalue weighted by atomic mass is 32.2. The largest absolute Gasteiger partial charge is 0.368 e. The predicted molar refractivity (Wildman–Crippen MR) is 75.5 cm³/mol. The van der Waals surface area contributed by atoms with Gasteiger partial charge in [-0.1, -0.05) is 0 Å². The highest BCUT2D eigenvalue weighted by Gasteiger charge is 2.24. The van der Waals surface area contributed by atoms with Crippen molar-refractivity contribution >= 4 is 17.7 Å². The molecule has 0 aromatic carbocycles. The van der Waals surface area contributed by atoms with Crippen LogP contribution in [0.2, 0.25) is 0 Å². The number of primary amides is 1. The number of hydrogen-bond acceptors (Lipinski definition) is 4. The summed E-state index contributed by atoms with van der Waals surface area (Å²) in [5.41, 5.74) is 12.3. The highest BCUT2D eigenvalue weighted by molar-refractivity contribution is 7.99. The summed E-state index contributed by atoms with van der Waals surface area (Å²) in [6.07, 6.45) is 1.44. The van der Waals surface area contributed by atoms with Gasteiger partial charge in [-0.3, -0.25) is 4.79 Å². The maximum atomic E-state index is 11.1. The summed E-state index contributed by atoms with van der Waals surface area (Å²) in [5.74, 6) is 0.438. The van der Waals surface area contributed by atoms with Gasteiger partial charge in [0.2, 0.25) is 5.91 Å². The first kappa shape index (κ1) is 15.0. The average molecular weight is 267 g/mol. The van der Waals surface area contributed by atoms with Crippen LogP contribution in [0.4, 0.5) is 0 Å². The van der Waals surface area contributed by atoms with Gasteiger partial charge >= 0.3 is 0 Å². The monoisotopic (exact) mass is 267 g/mol. The molecular formula is C13H21N3OS. The van der Waals surface area contributed by atoms with E-state index in [1.807, 2.05) is 13.0 Å². The molecule has 4 N–H and O–H groups in total. The van der Waals surface area contributed by atoms with Crippen LogP contribution in [0.25, 0.3) is 0 Å². The summed E-state index contributed by atoms with van der Waals surface area (Å²) in [6.45, 7) is 5.72. The van der Waals surface area contributed by atoms with E-state index in [0.717, 1.165) is 22.9 Å². The predicted octanol–water partition coefficient (Wildman–Crippen LogP) is 1.77. The molecule has 1 heterocycles. The number of hydrogen-bond donors (Lipinski definition) is 2. The molecule has 0 radical (unpaired) electrons. The molecule has 100 valence electrons. The molecule has 1 atom stereocenters. The van der Waals surface area contributed by atoms with Crippen molar-refractivity contribution in [2.24, 2.45) is 11.5 Å². The van der Waals surface area contributed by atoms with Crippen molar-refractivity contribution in [2.75, 3.05) is 5.75 Å². The van der Waals surface area contributed by atoms with Crippen molar-refractivity contribution in [2.45, 2.75) is 44.2 Å². The molecular weight excluding hydrogens is 246 g/mol. The topological polar surface area (TPSA) is 82.0 Å². The molecule has 1 aromatic heterocycles. The van der Waals surface area contributed by atoms with Crippen LogP contribution in [-0.4, -0.2) is 22.2 Å². The minimum Gasteiger partial charge on any atom is -0.368 e. The van der Waals surface area contributed by atoms with Crippen LogP contribution in [0.1, 0.15) is 31.0 Å². The van der Waals surface area contributed by atoms with Crippen LogP contribution in [0, 0.1) is 13.8 Å². The van der Waals surface area contributed by atoms with Gasteiger partial charge in [0, 0.05) is 5.69 Å². The van der Waals surface area contributed by atoms with Crippen molar-refractivity contribution < 1.29 is 4.79 Å². The third-order valence-corrected chi connectivity index (χ3v) is 3.73. The zero-order valence-corrected chi connectivity index (χ0v) is 12.0. The lowest BCUT2D eigenvalue weighted by molar-refractivity contribution is -0.122. The molecule has 0 bridgehead atoms. The molecule has 1 aromatic rings. The Morgan fingerprint density at radius 1 is 1.44 bits per heavy atom. The average Bonchev–Trinajstić information content (AvgIpc) is 2.23. The molecule has 0 saturated carbocycles. The Labute approximate surface area is 113 Å². The molecule has 0 aliphatic heterocycles. The number of nitrogens with zero attached hydrogens (tertiary/aromatic N) is 1. The van der Waals surface area contributed by atoms with E-state index in [9.17, 15) is 4.79 Å². The van der Waals surface area contributed by atoms with E-state index < -0.39 is 11.4 Å². The Balaban J connectivity index is 2.40. The second kappa shape index (κ2) is 6.20. The van der Waals surface area contributed by atoms with Crippen molar-refractivity contribution in [1.29, 1.82) is 0 Å². The van der Waals surface area contributed by atoms with Gasteiger partial charge in [0.05, 0.1) is 10.6 Å². The van der Waals surface area contributed by atoms with Gasteiger partial charge in [-0.15, -0.1) is 11.8 Å². The number of carbonyl (C=O) groups excluding carboxylic acids is 1. The Morgan fingerprint density at radius 3 is 2.67 bits per heavy atom. The Bertz CT molecular complexity index is 412. The first-order valence-corrected chi connectivity index (χ1v) is 6.97. The maximum absolute atomic E-state index is 11.1. The summed E-state index contributed by atoms with van der Waals surface area (Å²) in [4.78, 5) is 15.5. The molecule has 5 heteroatoms. The number of rotatable bonds is 6. The quantitative estimate of drug-likeness (QED) is 0.608. The molecule has 0 spiro atoms. The van der Waals surface area contributed by atoms with Crippen LogP contribution in [0.5, 0.6) is 0 Å². The fourth-order valence-electron chi connectivity index (χ4n) is 1.62. The van der Waals surface area contributed by atoms with E-state index in [2.05, 4.69) is 18.0 Å². The molecule has 18 heavy (non-hydrogen) atoms. The maximum Gasteiger partial charge on any atom is 0.237 e. The van der Waals surface area contributed by atoms with Crippen molar-refractivity contribution in [3.63, 3.8) is 0 Å². The molecule has 0 fully saturated rings. The molecule has 1 rings (SSSR count). The van der Waals surface area contributed by atoms with Crippen LogP contribution < -0.4 is 11.5 Å². The lowest BCUT2D eigenvalue weighted by Crippen LogP contribution is -2.49. The van der Waals surface area contributed by atoms with Crippen molar-refractivity contribution in [3.05, 3.63) is 23.4 Å². The Kier molecular flexibility index (Phi) is 5.16. The second-order valence-corrected chi connectivity index (χ2v) is 5.97. The summed E-state index contributed by atoms with van der Waals surface area (Å²) < 4.78 is 0. The first-order chi connectivity index (χ1) is 8.31. The first-order valence-electron chi connectivity index (χ1n) is 5.98. The van der Waals surface area contributed by atoms with Gasteiger partial charge in [-0.2, -0.15) is 0 Å². The number of pyridine rings is 1.